The summed E-state index contributed by atoms with van der Waals surface area (Å²) in [5.41, 5.74) is 8.81. The largest absolute Gasteiger partial charge is 0.461 e. The molecular formula is C36H34N2O3. The fraction of sp³-hybridized carbons (Fsp3) is 0.194. The zero-order valence-electron chi connectivity index (χ0n) is 24.2. The van der Waals surface area contributed by atoms with Gasteiger partial charge in [-0.3, -0.25) is 9.69 Å². The topological polar surface area (TPSA) is 49.8 Å². The summed E-state index contributed by atoms with van der Waals surface area (Å²) in [6, 6.07) is 20.4. The third-order valence-electron chi connectivity index (χ3n) is 8.03. The first-order valence-corrected chi connectivity index (χ1v) is 14.0. The zero-order chi connectivity index (χ0) is 28.8. The van der Waals surface area contributed by atoms with Crippen LogP contribution in [-0.4, -0.2) is 17.4 Å². The number of anilines is 1. The van der Waals surface area contributed by atoms with Crippen LogP contribution in [0.5, 0.6) is 0 Å². The Bertz CT molecular complexity index is 1950. The van der Waals surface area contributed by atoms with Crippen LogP contribution in [0.15, 0.2) is 117 Å². The predicted octanol–water partition coefficient (Wildman–Crippen LogP) is 9.63. The normalized spacial score (nSPS) is 15.1. The number of amides is 1. The molecule has 0 saturated heterocycles. The molecule has 0 aliphatic carbocycles. The van der Waals surface area contributed by atoms with Gasteiger partial charge in [0, 0.05) is 23.0 Å². The average molecular weight is 543 g/mol. The van der Waals surface area contributed by atoms with Gasteiger partial charge in [-0.25, -0.2) is 0 Å². The zero-order valence-corrected chi connectivity index (χ0v) is 24.2. The number of carbonyl (C=O) groups is 1. The van der Waals surface area contributed by atoms with E-state index < -0.39 is 0 Å². The molecule has 2 aromatic heterocycles. The Morgan fingerprint density at radius 1 is 0.927 bits per heavy atom. The number of furan rings is 2. The number of allylic oxidation sites excluding steroid dienone is 4. The van der Waals surface area contributed by atoms with E-state index >= 15 is 0 Å². The van der Waals surface area contributed by atoms with E-state index in [-0.39, 0.29) is 5.91 Å². The maximum atomic E-state index is 14.1. The van der Waals surface area contributed by atoms with Gasteiger partial charge in [0.2, 0.25) is 0 Å². The van der Waals surface area contributed by atoms with Gasteiger partial charge in [-0.05, 0) is 94.6 Å². The highest BCUT2D eigenvalue weighted by molar-refractivity contribution is 6.19. The molecule has 1 aliphatic heterocycles. The van der Waals surface area contributed by atoms with E-state index in [1.807, 2.05) is 68.2 Å². The summed E-state index contributed by atoms with van der Waals surface area (Å²) in [6.45, 7) is 15.1. The molecule has 0 unspecified atom stereocenters. The third-order valence-corrected chi connectivity index (χ3v) is 8.03. The van der Waals surface area contributed by atoms with Crippen molar-refractivity contribution >= 4 is 44.5 Å². The molecule has 0 spiro atoms. The van der Waals surface area contributed by atoms with Gasteiger partial charge in [0.1, 0.15) is 28.2 Å². The van der Waals surface area contributed by atoms with Gasteiger partial charge in [0.25, 0.3) is 5.91 Å². The molecule has 206 valence electrons. The second kappa shape index (κ2) is 10.3. The summed E-state index contributed by atoms with van der Waals surface area (Å²) in [5.74, 6) is 0.750. The van der Waals surface area contributed by atoms with Crippen molar-refractivity contribution < 1.29 is 13.6 Å². The molecule has 3 heterocycles. The van der Waals surface area contributed by atoms with Crippen molar-refractivity contribution in [3.63, 3.8) is 0 Å². The first kappa shape index (κ1) is 26.5. The molecule has 0 atom stereocenters. The van der Waals surface area contributed by atoms with Crippen LogP contribution in [0.1, 0.15) is 39.9 Å². The first-order chi connectivity index (χ1) is 19.8. The van der Waals surface area contributed by atoms with Crippen molar-refractivity contribution in [3.05, 3.63) is 114 Å². The smallest absolute Gasteiger partial charge is 0.278 e. The van der Waals surface area contributed by atoms with Crippen LogP contribution in [-0.2, 0) is 4.79 Å². The lowest BCUT2D eigenvalue weighted by Gasteiger charge is -2.39. The van der Waals surface area contributed by atoms with Gasteiger partial charge in [0.15, 0.2) is 0 Å². The van der Waals surface area contributed by atoms with Crippen LogP contribution in [0.3, 0.4) is 0 Å². The van der Waals surface area contributed by atoms with E-state index in [2.05, 4.69) is 56.8 Å². The summed E-state index contributed by atoms with van der Waals surface area (Å²) in [4.78, 5) is 17.9. The van der Waals surface area contributed by atoms with Crippen LogP contribution < -0.4 is 4.90 Å². The Morgan fingerprint density at radius 3 is 2.49 bits per heavy atom. The third kappa shape index (κ3) is 4.48. The minimum absolute atomic E-state index is 0.140. The molecule has 0 bridgehead atoms. The maximum Gasteiger partial charge on any atom is 0.278 e. The van der Waals surface area contributed by atoms with Gasteiger partial charge >= 0.3 is 0 Å². The van der Waals surface area contributed by atoms with Crippen LogP contribution >= 0.6 is 0 Å². The molecule has 5 aromatic rings. The SMILES string of the molecule is C=C1C(=O)N(c2cccc3oc4ccc(-c5ccc6cc(C)oc6c5)cc4c23)C(/C=C\C)=C(C)N1CC/C(C)=C\C. The fourth-order valence-corrected chi connectivity index (χ4v) is 5.70. The second-order valence-electron chi connectivity index (χ2n) is 10.7. The maximum absolute atomic E-state index is 14.1. The van der Waals surface area contributed by atoms with Crippen molar-refractivity contribution in [1.29, 1.82) is 0 Å². The lowest BCUT2D eigenvalue weighted by atomic mass is 10.0. The molecule has 0 fully saturated rings. The van der Waals surface area contributed by atoms with Crippen LogP contribution in [0.2, 0.25) is 0 Å². The Balaban J connectivity index is 1.52. The van der Waals surface area contributed by atoms with E-state index in [1.165, 1.54) is 5.57 Å². The number of rotatable bonds is 6. The highest BCUT2D eigenvalue weighted by Crippen LogP contribution is 2.42. The molecule has 5 heteroatoms. The van der Waals surface area contributed by atoms with E-state index in [9.17, 15) is 4.79 Å². The lowest BCUT2D eigenvalue weighted by Crippen LogP contribution is -2.43. The van der Waals surface area contributed by atoms with E-state index in [4.69, 9.17) is 8.83 Å². The van der Waals surface area contributed by atoms with Crippen molar-refractivity contribution in [3.8, 4) is 11.1 Å². The van der Waals surface area contributed by atoms with E-state index in [0.29, 0.717) is 12.2 Å². The number of carbonyl (C=O) groups excluding carboxylic acids is 1. The van der Waals surface area contributed by atoms with Gasteiger partial charge in [0.05, 0.1) is 16.8 Å². The monoisotopic (exact) mass is 542 g/mol. The fourth-order valence-electron chi connectivity index (χ4n) is 5.70. The average Bonchev–Trinajstić information content (AvgIpc) is 3.54. The summed E-state index contributed by atoms with van der Waals surface area (Å²) >= 11 is 0. The molecule has 6 rings (SSSR count). The summed E-state index contributed by atoms with van der Waals surface area (Å²) < 4.78 is 12.2. The molecule has 1 amide bonds. The van der Waals surface area contributed by atoms with Crippen LogP contribution in [0.4, 0.5) is 5.69 Å². The Labute approximate surface area is 240 Å². The highest BCUT2D eigenvalue weighted by Gasteiger charge is 2.34. The van der Waals surface area contributed by atoms with Crippen molar-refractivity contribution in [2.75, 3.05) is 11.4 Å². The number of hydrogen-bond acceptors (Lipinski definition) is 4. The number of aryl methyl sites for hydroxylation is 1. The minimum atomic E-state index is -0.140. The molecule has 3 aromatic carbocycles. The molecule has 5 nitrogen and oxygen atoms in total. The molecule has 41 heavy (non-hydrogen) atoms. The highest BCUT2D eigenvalue weighted by atomic mass is 16.3. The van der Waals surface area contributed by atoms with Crippen molar-refractivity contribution in [2.45, 2.75) is 41.0 Å². The quantitative estimate of drug-likeness (QED) is 0.158. The number of hydrogen-bond donors (Lipinski definition) is 0. The van der Waals surface area contributed by atoms with Gasteiger partial charge in [-0.2, -0.15) is 0 Å². The minimum Gasteiger partial charge on any atom is -0.461 e. The van der Waals surface area contributed by atoms with Gasteiger partial charge < -0.3 is 13.7 Å². The van der Waals surface area contributed by atoms with Crippen LogP contribution in [0, 0.1) is 6.92 Å². The number of nitrogens with zero attached hydrogens (tertiary/aromatic N) is 2. The van der Waals surface area contributed by atoms with Crippen molar-refractivity contribution in [1.82, 2.24) is 4.90 Å². The molecule has 0 radical (unpaired) electrons. The van der Waals surface area contributed by atoms with Crippen LogP contribution in [0.25, 0.3) is 44.0 Å². The van der Waals surface area contributed by atoms with E-state index in [0.717, 1.165) is 73.3 Å². The molecular weight excluding hydrogens is 508 g/mol. The van der Waals surface area contributed by atoms with Gasteiger partial charge in [-0.1, -0.05) is 48.6 Å². The number of fused-ring (bicyclic) bond motifs is 4. The molecule has 0 N–H and O–H groups in total. The summed E-state index contributed by atoms with van der Waals surface area (Å²) in [5, 5.41) is 2.93. The Hall–Kier alpha value is -4.77. The Morgan fingerprint density at radius 2 is 1.71 bits per heavy atom. The lowest BCUT2D eigenvalue weighted by molar-refractivity contribution is -0.116. The number of benzene rings is 3. The molecule has 0 saturated carbocycles. The standard InChI is InChI=1S/C36H34N2O3/c1-7-10-30-24(5)37(18-17-22(3)8-2)25(6)36(39)38(30)31-11-9-12-33-35(31)29-20-26(15-16-32(29)41-33)27-13-14-28-19-23(4)40-34(28)21-27/h7-16,19-21H,6,17-18H2,1-5H3/b10-7-,22-8-. The van der Waals surface area contributed by atoms with Gasteiger partial charge in [-0.15, -0.1) is 0 Å². The summed E-state index contributed by atoms with van der Waals surface area (Å²) in [6.07, 6.45) is 6.94. The summed E-state index contributed by atoms with van der Waals surface area (Å²) in [7, 11) is 0. The molecule has 1 aliphatic rings. The van der Waals surface area contributed by atoms with E-state index in [1.54, 1.807) is 4.90 Å². The first-order valence-electron chi connectivity index (χ1n) is 14.0. The predicted molar refractivity (Wildman–Crippen MR) is 169 cm³/mol. The van der Waals surface area contributed by atoms with Crippen molar-refractivity contribution in [2.24, 2.45) is 0 Å². The second-order valence-corrected chi connectivity index (χ2v) is 10.7. The Kier molecular flexibility index (Phi) is 6.66.